The van der Waals surface area contributed by atoms with Crippen LogP contribution < -0.4 is 31.9 Å². The van der Waals surface area contributed by atoms with Crippen LogP contribution in [0.2, 0.25) is 0 Å². The molecule has 2 aromatic heterocycles. The van der Waals surface area contributed by atoms with Gasteiger partial charge in [-0.3, -0.25) is 0 Å². The second-order valence-electron chi connectivity index (χ2n) is 15.1. The van der Waals surface area contributed by atoms with Crippen LogP contribution in [0.5, 0.6) is 11.5 Å². The molecule has 0 fully saturated rings. The molecule has 0 saturated heterocycles. The molecular weight excluding hydrogens is 1050 g/mol. The van der Waals surface area contributed by atoms with Crippen molar-refractivity contribution in [3.8, 4) is 11.5 Å². The van der Waals surface area contributed by atoms with E-state index in [9.17, 15) is 62.1 Å². The van der Waals surface area contributed by atoms with E-state index in [1.54, 1.807) is 24.3 Å². The maximum absolute atomic E-state index is 12.7. The summed E-state index contributed by atoms with van der Waals surface area (Å²) in [6, 6.07) is 28.4. The molecule has 0 amide bonds. The number of phenolic OH excluding ortho intramolecular Hbond substituents is 2. The average molecular weight is 1080 g/mol. The topological polar surface area (TPSA) is 419 Å². The number of benzene rings is 6. The highest BCUT2D eigenvalue weighted by molar-refractivity contribution is 7.86. The van der Waals surface area contributed by atoms with Crippen molar-refractivity contribution in [3.05, 3.63) is 145 Å². The second kappa shape index (κ2) is 20.7. The lowest BCUT2D eigenvalue weighted by molar-refractivity contribution is 0.460. The van der Waals surface area contributed by atoms with Crippen molar-refractivity contribution in [2.75, 3.05) is 31.9 Å². The monoisotopic (exact) mass is 1080 g/mol. The predicted octanol–water partition coefficient (Wildman–Crippen LogP) is 5.72. The van der Waals surface area contributed by atoms with E-state index in [1.807, 2.05) is 0 Å². The van der Waals surface area contributed by atoms with Gasteiger partial charge in [0.1, 0.15) is 52.0 Å². The molecule has 74 heavy (non-hydrogen) atoms. The van der Waals surface area contributed by atoms with Crippen LogP contribution in [0.1, 0.15) is 11.1 Å². The number of aromatic nitrogens is 6. The van der Waals surface area contributed by atoms with Gasteiger partial charge >= 0.3 is 0 Å². The van der Waals surface area contributed by atoms with Gasteiger partial charge in [0.2, 0.25) is 35.7 Å². The first-order chi connectivity index (χ1) is 34.9. The molecule has 8 rings (SSSR count). The molecule has 0 aliphatic heterocycles. The number of anilines is 12. The van der Waals surface area contributed by atoms with E-state index in [4.69, 9.17) is 0 Å². The Hall–Kier alpha value is -8.88. The Morgan fingerprint density at radius 2 is 0.662 bits per heavy atom. The molecule has 30 heteroatoms. The van der Waals surface area contributed by atoms with Crippen molar-refractivity contribution in [1.82, 2.24) is 29.9 Å². The van der Waals surface area contributed by atoms with Crippen molar-refractivity contribution in [2.45, 2.75) is 19.6 Å². The summed E-state index contributed by atoms with van der Waals surface area (Å²) < 4.78 is 146. The van der Waals surface area contributed by atoms with E-state index in [1.165, 1.54) is 72.8 Å². The molecule has 2 heterocycles. The molecule has 0 saturated carbocycles. The summed E-state index contributed by atoms with van der Waals surface area (Å²) >= 11 is 0. The molecule has 6 aromatic carbocycles. The number of hydrogen-bond acceptors (Lipinski definition) is 26. The molecule has 380 valence electrons. The zero-order valence-corrected chi connectivity index (χ0v) is 40.2. The van der Waals surface area contributed by atoms with Gasteiger partial charge in [0, 0.05) is 22.7 Å². The first-order valence-corrected chi connectivity index (χ1v) is 26.3. The third-order valence-electron chi connectivity index (χ3n) is 9.85. The maximum atomic E-state index is 12.7. The Balaban J connectivity index is 1.09. The van der Waals surface area contributed by atoms with Gasteiger partial charge in [-0.25, -0.2) is 33.7 Å². The Bertz CT molecular complexity index is 3730. The van der Waals surface area contributed by atoms with Gasteiger partial charge in [0.05, 0.1) is 31.0 Å². The molecule has 0 bridgehead atoms. The number of phenols is 2. The largest absolute Gasteiger partial charge is 0.744 e. The van der Waals surface area contributed by atoms with Crippen molar-refractivity contribution >= 4 is 122 Å². The van der Waals surface area contributed by atoms with Crippen molar-refractivity contribution in [1.29, 1.82) is 0 Å². The quantitative estimate of drug-likeness (QED) is 0.0289. The average Bonchev–Trinajstić information content (AvgIpc) is 3.32. The minimum absolute atomic E-state index is 0.0605. The fourth-order valence-electron chi connectivity index (χ4n) is 6.57. The number of aromatic hydroxyl groups is 2. The van der Waals surface area contributed by atoms with Crippen LogP contribution in [0.3, 0.4) is 0 Å². The molecule has 0 unspecified atom stereocenters. The van der Waals surface area contributed by atoms with Gasteiger partial charge in [-0.1, -0.05) is 60.7 Å². The number of rotatable bonds is 18. The lowest BCUT2D eigenvalue weighted by Gasteiger charge is -2.16. The van der Waals surface area contributed by atoms with Gasteiger partial charge in [-0.15, -0.1) is 0 Å². The predicted molar refractivity (Wildman–Crippen MR) is 262 cm³/mol. The second-order valence-corrected chi connectivity index (χ2v) is 20.6. The van der Waals surface area contributed by atoms with Crippen LogP contribution in [0.25, 0.3) is 12.2 Å². The third kappa shape index (κ3) is 13.1. The van der Waals surface area contributed by atoms with Crippen LogP contribution in [-0.2, 0) is 40.5 Å². The number of hydrogen-bond donors (Lipinski definition) is 8. The molecule has 8 aromatic rings. The summed E-state index contributed by atoms with van der Waals surface area (Å²) in [5, 5.41) is 37.3. The lowest BCUT2D eigenvalue weighted by atomic mass is 10.1. The molecule has 26 nitrogen and oxygen atoms in total. The third-order valence-corrected chi connectivity index (χ3v) is 13.3. The van der Waals surface area contributed by atoms with E-state index in [2.05, 4.69) is 61.8 Å². The van der Waals surface area contributed by atoms with E-state index in [0.29, 0.717) is 0 Å². The van der Waals surface area contributed by atoms with Gasteiger partial charge in [-0.05, 0) is 96.1 Å². The zero-order chi connectivity index (χ0) is 53.0. The molecular formula is C44H32N12O14S4-4. The highest BCUT2D eigenvalue weighted by atomic mass is 32.2. The lowest BCUT2D eigenvalue weighted by Crippen LogP contribution is -2.09. The zero-order valence-electron chi connectivity index (χ0n) is 37.0. The fourth-order valence-corrected chi connectivity index (χ4v) is 9.00. The summed E-state index contributed by atoms with van der Waals surface area (Å²) in [6.45, 7) is 0. The van der Waals surface area contributed by atoms with Crippen molar-refractivity contribution in [3.63, 3.8) is 0 Å². The molecule has 0 aliphatic carbocycles. The van der Waals surface area contributed by atoms with Gasteiger partial charge < -0.3 is 60.3 Å². The van der Waals surface area contributed by atoms with Gasteiger partial charge in [-0.2, -0.15) is 29.9 Å². The SMILES string of the molecule is O=S(=O)([O-])c1cccc(Nc2nc(Nc3ccc(/C=C/c4ccc(Nc5nc(Nc6cccc(S(=O)(=O)[O-])c6)nc(Nc6ccccc6O)n5)cc4S(=O)(=O)[O-])c(S(=O)(=O)[O-])c3)nc(Nc3ccccc3O)n2)c1. The van der Waals surface area contributed by atoms with E-state index < -0.39 is 60.1 Å². The van der Waals surface area contributed by atoms with Crippen LogP contribution in [0, 0.1) is 0 Å². The highest BCUT2D eigenvalue weighted by Crippen LogP contribution is 2.32. The summed E-state index contributed by atoms with van der Waals surface area (Å²) in [5.41, 5.74) is -0.276. The van der Waals surface area contributed by atoms with Crippen LogP contribution in [0.15, 0.2) is 153 Å². The van der Waals surface area contributed by atoms with Crippen molar-refractivity contribution < 1.29 is 62.1 Å². The minimum Gasteiger partial charge on any atom is -0.744 e. The highest BCUT2D eigenvalue weighted by Gasteiger charge is 2.17. The normalized spacial score (nSPS) is 12.0. The van der Waals surface area contributed by atoms with E-state index in [0.717, 1.165) is 48.6 Å². The first kappa shape index (κ1) is 51.5. The molecule has 8 N–H and O–H groups in total. The Morgan fingerprint density at radius 1 is 0.351 bits per heavy atom. The smallest absolute Gasteiger partial charge is 0.233 e. The van der Waals surface area contributed by atoms with Gasteiger partial charge in [0.25, 0.3) is 0 Å². The van der Waals surface area contributed by atoms with E-state index in [-0.39, 0.29) is 92.4 Å². The summed E-state index contributed by atoms with van der Waals surface area (Å²) in [4.78, 5) is 22.6. The van der Waals surface area contributed by atoms with Crippen LogP contribution in [0.4, 0.5) is 69.8 Å². The number of nitrogens with zero attached hydrogens (tertiary/aromatic N) is 6. The molecule has 0 spiro atoms. The summed E-state index contributed by atoms with van der Waals surface area (Å²) in [5.74, 6) is -1.89. The molecule has 0 atom stereocenters. The Kier molecular flexibility index (Phi) is 14.4. The molecule has 0 radical (unpaired) electrons. The van der Waals surface area contributed by atoms with Crippen LogP contribution in [-0.4, -0.2) is 92.0 Å². The number of nitrogens with one attached hydrogen (secondary N) is 6. The number of para-hydroxylation sites is 4. The Morgan fingerprint density at radius 3 is 0.973 bits per heavy atom. The van der Waals surface area contributed by atoms with Crippen LogP contribution >= 0.6 is 0 Å². The van der Waals surface area contributed by atoms with Gasteiger partial charge in [0.15, 0.2) is 0 Å². The summed E-state index contributed by atoms with van der Waals surface area (Å²) in [6.07, 6.45) is 2.13. The van der Waals surface area contributed by atoms with E-state index >= 15 is 0 Å². The van der Waals surface area contributed by atoms with Crippen molar-refractivity contribution in [2.24, 2.45) is 0 Å². The first-order valence-electron chi connectivity index (χ1n) is 20.6. The Labute approximate surface area is 420 Å². The minimum atomic E-state index is -5.30. The maximum Gasteiger partial charge on any atom is 0.233 e. The molecule has 0 aliphatic rings. The fraction of sp³-hybridized carbons (Fsp3) is 0. The standard InChI is InChI=1S/C44H36N12O14S4/c57-35-13-3-1-11-33(35)49-43-53-39(45-27-7-5-9-31(21-27)71(59,60)61)51-41(55-43)47-29-19-17-25(37(23-29)73(65,66)67)15-16-26-18-20-30(24-38(26)74(68,69)70)48-42-52-40(46-28-8-6-10-32(22-28)72(62,63)64)54-44(56-42)50-34-12-2-4-14-36(34)58/h1-24,57-58H,(H,59,60,61)(H,62,63,64)(H,65,66,67)(H,68,69,70)(H3,45,47,49,51,53,55)(H3,46,48,50,52,54,56)/p-4/b16-15+. The summed E-state index contributed by atoms with van der Waals surface area (Å²) in [7, 11) is -20.3.